The molecule has 0 aliphatic heterocycles. The number of pyridine rings is 1. The Morgan fingerprint density at radius 2 is 1.74 bits per heavy atom. The molecule has 0 atom stereocenters. The zero-order valence-electron chi connectivity index (χ0n) is 13.1. The molecule has 104 valence electrons. The predicted octanol–water partition coefficient (Wildman–Crippen LogP) is 4.87. The Morgan fingerprint density at radius 3 is 2.32 bits per heavy atom. The van der Waals surface area contributed by atoms with Crippen molar-refractivity contribution in [1.29, 1.82) is 0 Å². The van der Waals surface area contributed by atoms with E-state index < -0.39 is 0 Å². The van der Waals surface area contributed by atoms with Gasteiger partial charge in [0.05, 0.1) is 0 Å². The van der Waals surface area contributed by atoms with Gasteiger partial charge in [0.15, 0.2) is 0 Å². The minimum absolute atomic E-state index is 0.0717. The number of hydrogen-bond donors (Lipinski definition) is 0. The Bertz CT molecular complexity index is 570. The highest BCUT2D eigenvalue weighted by Gasteiger charge is 2.23. The lowest BCUT2D eigenvalue weighted by atomic mass is 9.84. The van der Waals surface area contributed by atoms with Gasteiger partial charge in [-0.2, -0.15) is 0 Å². The molecular formula is C17H26N2. The Hall–Kier alpha value is -1.31. The van der Waals surface area contributed by atoms with Crippen LogP contribution in [0.3, 0.4) is 0 Å². The van der Waals surface area contributed by atoms with Gasteiger partial charge in [-0.1, -0.05) is 27.2 Å². The second kappa shape index (κ2) is 4.66. The van der Waals surface area contributed by atoms with Crippen LogP contribution in [0.2, 0.25) is 0 Å². The van der Waals surface area contributed by atoms with Crippen LogP contribution in [0, 0.1) is 0 Å². The van der Waals surface area contributed by atoms with Crippen molar-refractivity contribution in [1.82, 2.24) is 9.55 Å². The summed E-state index contributed by atoms with van der Waals surface area (Å²) >= 11 is 0. The number of nitrogens with zero attached hydrogens (tertiary/aromatic N) is 2. The van der Waals surface area contributed by atoms with Gasteiger partial charge in [0.1, 0.15) is 5.65 Å². The van der Waals surface area contributed by atoms with Crippen molar-refractivity contribution in [2.75, 3.05) is 0 Å². The van der Waals surface area contributed by atoms with E-state index in [0.717, 1.165) is 5.65 Å². The number of aromatic nitrogens is 2. The zero-order valence-corrected chi connectivity index (χ0v) is 13.1. The molecule has 2 rings (SSSR count). The second-order valence-corrected chi connectivity index (χ2v) is 7.10. The molecule has 0 spiro atoms. The first-order chi connectivity index (χ1) is 8.75. The first-order valence-corrected chi connectivity index (χ1v) is 7.25. The molecule has 0 unspecified atom stereocenters. The smallest absolute Gasteiger partial charge is 0.140 e. The molecule has 2 heterocycles. The quantitative estimate of drug-likeness (QED) is 0.768. The van der Waals surface area contributed by atoms with Crippen molar-refractivity contribution < 1.29 is 0 Å². The lowest BCUT2D eigenvalue weighted by molar-refractivity contribution is 0.406. The average Bonchev–Trinajstić information content (AvgIpc) is 2.70. The maximum Gasteiger partial charge on any atom is 0.140 e. The van der Waals surface area contributed by atoms with Crippen LogP contribution in [-0.4, -0.2) is 9.55 Å². The monoisotopic (exact) mass is 258 g/mol. The molecule has 0 radical (unpaired) electrons. The maximum atomic E-state index is 4.95. The Labute approximate surface area is 116 Å². The largest absolute Gasteiger partial charge is 0.327 e. The third-order valence-corrected chi connectivity index (χ3v) is 3.83. The van der Waals surface area contributed by atoms with Crippen molar-refractivity contribution in [3.05, 3.63) is 30.1 Å². The summed E-state index contributed by atoms with van der Waals surface area (Å²) in [6.07, 6.45) is 4.50. The fraction of sp³-hybridized carbons (Fsp3) is 0.588. The minimum Gasteiger partial charge on any atom is -0.327 e. The Morgan fingerprint density at radius 1 is 1.05 bits per heavy atom. The fourth-order valence-electron chi connectivity index (χ4n) is 2.68. The topological polar surface area (TPSA) is 17.8 Å². The predicted molar refractivity (Wildman–Crippen MR) is 82.7 cm³/mol. The standard InChI is InChI=1S/C17H26N2/c1-7-11-17(5,6)14-9-8-13-10-12-19(15(13)18-14)16(2,3)4/h8-10,12H,7,11H2,1-6H3. The van der Waals surface area contributed by atoms with Crippen LogP contribution in [0.15, 0.2) is 24.4 Å². The molecule has 19 heavy (non-hydrogen) atoms. The van der Waals surface area contributed by atoms with E-state index in [0.29, 0.717) is 0 Å². The van der Waals surface area contributed by atoms with Crippen molar-refractivity contribution >= 4 is 11.0 Å². The van der Waals surface area contributed by atoms with Gasteiger partial charge >= 0.3 is 0 Å². The Kier molecular flexibility index (Phi) is 3.46. The van der Waals surface area contributed by atoms with Crippen molar-refractivity contribution in [3.8, 4) is 0 Å². The van der Waals surface area contributed by atoms with E-state index in [-0.39, 0.29) is 11.0 Å². The summed E-state index contributed by atoms with van der Waals surface area (Å²) in [5, 5.41) is 1.23. The van der Waals surface area contributed by atoms with Gasteiger partial charge in [0, 0.05) is 28.2 Å². The fourth-order valence-corrected chi connectivity index (χ4v) is 2.68. The summed E-state index contributed by atoms with van der Waals surface area (Å²) in [4.78, 5) is 4.95. The molecule has 0 aliphatic carbocycles. The lowest BCUT2D eigenvalue weighted by Gasteiger charge is -2.25. The van der Waals surface area contributed by atoms with Crippen LogP contribution in [0.25, 0.3) is 11.0 Å². The molecule has 0 aliphatic rings. The van der Waals surface area contributed by atoms with Crippen molar-refractivity contribution in [3.63, 3.8) is 0 Å². The van der Waals surface area contributed by atoms with E-state index in [2.05, 4.69) is 70.5 Å². The normalized spacial score (nSPS) is 13.2. The SMILES string of the molecule is CCCC(C)(C)c1ccc2ccn(C(C)(C)C)c2n1. The summed E-state index contributed by atoms with van der Waals surface area (Å²) in [5.74, 6) is 0. The van der Waals surface area contributed by atoms with Crippen LogP contribution in [0.1, 0.15) is 60.1 Å². The second-order valence-electron chi connectivity index (χ2n) is 7.10. The van der Waals surface area contributed by atoms with Gasteiger partial charge < -0.3 is 4.57 Å². The van der Waals surface area contributed by atoms with Gasteiger partial charge in [-0.3, -0.25) is 0 Å². The summed E-state index contributed by atoms with van der Waals surface area (Å²) in [6, 6.07) is 6.55. The van der Waals surface area contributed by atoms with Gasteiger partial charge in [0.25, 0.3) is 0 Å². The van der Waals surface area contributed by atoms with Crippen LogP contribution in [-0.2, 0) is 11.0 Å². The average molecular weight is 258 g/mol. The van der Waals surface area contributed by atoms with Crippen LogP contribution in [0.5, 0.6) is 0 Å². The molecule has 2 aromatic heterocycles. The van der Waals surface area contributed by atoms with Gasteiger partial charge in [0.2, 0.25) is 0 Å². The summed E-state index contributed by atoms with van der Waals surface area (Å²) in [5.41, 5.74) is 2.53. The first kappa shape index (κ1) is 14.1. The van der Waals surface area contributed by atoms with Crippen molar-refractivity contribution in [2.45, 2.75) is 65.3 Å². The molecule has 0 fully saturated rings. The lowest BCUT2D eigenvalue weighted by Crippen LogP contribution is -2.23. The molecule has 0 saturated heterocycles. The summed E-state index contributed by atoms with van der Waals surface area (Å²) in [7, 11) is 0. The van der Waals surface area contributed by atoms with Crippen LogP contribution >= 0.6 is 0 Å². The summed E-state index contributed by atoms with van der Waals surface area (Å²) in [6.45, 7) is 13.5. The van der Waals surface area contributed by atoms with E-state index in [1.165, 1.54) is 23.9 Å². The highest BCUT2D eigenvalue weighted by atomic mass is 15.1. The zero-order chi connectivity index (χ0) is 14.3. The molecule has 2 nitrogen and oxygen atoms in total. The van der Waals surface area contributed by atoms with Crippen LogP contribution in [0.4, 0.5) is 0 Å². The van der Waals surface area contributed by atoms with E-state index >= 15 is 0 Å². The molecule has 2 heteroatoms. The highest BCUT2D eigenvalue weighted by molar-refractivity contribution is 5.76. The molecule has 0 aromatic carbocycles. The molecule has 0 saturated carbocycles. The van der Waals surface area contributed by atoms with E-state index in [9.17, 15) is 0 Å². The van der Waals surface area contributed by atoms with Crippen molar-refractivity contribution in [2.24, 2.45) is 0 Å². The van der Waals surface area contributed by atoms with Gasteiger partial charge in [-0.05, 0) is 45.4 Å². The number of hydrogen-bond acceptors (Lipinski definition) is 1. The molecule has 0 bridgehead atoms. The molecule has 0 amide bonds. The Balaban J connectivity index is 2.56. The molecule has 2 aromatic rings. The highest BCUT2D eigenvalue weighted by Crippen LogP contribution is 2.30. The van der Waals surface area contributed by atoms with Gasteiger partial charge in [-0.25, -0.2) is 4.98 Å². The van der Waals surface area contributed by atoms with E-state index in [1.807, 2.05) is 0 Å². The summed E-state index contributed by atoms with van der Waals surface area (Å²) < 4.78 is 2.27. The minimum atomic E-state index is 0.0717. The van der Waals surface area contributed by atoms with Crippen LogP contribution < -0.4 is 0 Å². The number of rotatable bonds is 3. The first-order valence-electron chi connectivity index (χ1n) is 7.25. The molecular weight excluding hydrogens is 232 g/mol. The number of fused-ring (bicyclic) bond motifs is 1. The van der Waals surface area contributed by atoms with E-state index in [4.69, 9.17) is 4.98 Å². The maximum absolute atomic E-state index is 4.95. The van der Waals surface area contributed by atoms with E-state index in [1.54, 1.807) is 0 Å². The third kappa shape index (κ3) is 2.68. The third-order valence-electron chi connectivity index (χ3n) is 3.83. The van der Waals surface area contributed by atoms with Gasteiger partial charge in [-0.15, -0.1) is 0 Å². The molecule has 0 N–H and O–H groups in total.